The molecule has 72 valence electrons. The number of aliphatic hydroxyl groups excluding tert-OH is 2. The van der Waals surface area contributed by atoms with Crippen molar-refractivity contribution in [3.63, 3.8) is 0 Å². The lowest BCUT2D eigenvalue weighted by molar-refractivity contribution is -0.159. The highest BCUT2D eigenvalue weighted by atomic mass is 16.7. The molecule has 1 rings (SSSR count). The summed E-state index contributed by atoms with van der Waals surface area (Å²) in [6.45, 7) is 5.42. The molecule has 0 aromatic heterocycles. The minimum atomic E-state index is -0.869. The maximum Gasteiger partial charge on any atom is 0.163 e. The average molecular weight is 176 g/mol. The van der Waals surface area contributed by atoms with Crippen LogP contribution in [-0.4, -0.2) is 40.9 Å². The molecule has 0 aromatic rings. The van der Waals surface area contributed by atoms with E-state index in [-0.39, 0.29) is 0 Å². The molecule has 0 spiro atoms. The Labute approximate surface area is 72.1 Å². The Bertz CT molecular complexity index is 155. The monoisotopic (exact) mass is 176 g/mol. The second-order valence-corrected chi connectivity index (χ2v) is 3.60. The molecule has 1 saturated heterocycles. The fourth-order valence-electron chi connectivity index (χ4n) is 1.19. The van der Waals surface area contributed by atoms with Gasteiger partial charge in [0.15, 0.2) is 5.79 Å². The third-order valence-electron chi connectivity index (χ3n) is 1.91. The van der Waals surface area contributed by atoms with E-state index in [1.807, 2.05) is 0 Å². The predicted molar refractivity (Wildman–Crippen MR) is 42.6 cm³/mol. The molecule has 1 heterocycles. The van der Waals surface area contributed by atoms with Gasteiger partial charge in [0.05, 0.1) is 12.7 Å². The molecule has 4 nitrogen and oxygen atoms in total. The quantitative estimate of drug-likeness (QED) is 0.616. The Kier molecular flexibility index (Phi) is 2.73. The first-order valence-corrected chi connectivity index (χ1v) is 4.10. The van der Waals surface area contributed by atoms with Crippen LogP contribution in [0.2, 0.25) is 0 Å². The molecule has 0 aliphatic carbocycles. The smallest absolute Gasteiger partial charge is 0.163 e. The van der Waals surface area contributed by atoms with E-state index in [0.717, 1.165) is 0 Å². The molecule has 1 aliphatic rings. The van der Waals surface area contributed by atoms with Gasteiger partial charge in [-0.25, -0.2) is 0 Å². The van der Waals surface area contributed by atoms with Gasteiger partial charge in [-0.3, -0.25) is 0 Å². The van der Waals surface area contributed by atoms with Gasteiger partial charge in [-0.15, -0.1) is 0 Å². The van der Waals surface area contributed by atoms with Crippen LogP contribution in [0.15, 0.2) is 0 Å². The largest absolute Gasteiger partial charge is 0.391 e. The van der Waals surface area contributed by atoms with Crippen molar-refractivity contribution in [3.05, 3.63) is 0 Å². The number of ether oxygens (including phenoxy) is 2. The van der Waals surface area contributed by atoms with Gasteiger partial charge in [0.2, 0.25) is 0 Å². The average Bonchev–Trinajstić information content (AvgIpc) is 2.28. The van der Waals surface area contributed by atoms with Crippen molar-refractivity contribution in [2.24, 2.45) is 0 Å². The minimum absolute atomic E-state index is 0.332. The van der Waals surface area contributed by atoms with Crippen molar-refractivity contribution in [2.45, 2.75) is 44.9 Å². The molecule has 0 aromatic carbocycles. The number of aliphatic hydroxyl groups is 2. The molecule has 2 N–H and O–H groups in total. The Morgan fingerprint density at radius 2 is 2.00 bits per heavy atom. The van der Waals surface area contributed by atoms with E-state index >= 15 is 0 Å². The SMILES string of the molecule is C[C@H](O)[C@H](O)[C@@H]1COC(C)(C)O1. The minimum Gasteiger partial charge on any atom is -0.391 e. The van der Waals surface area contributed by atoms with Crippen molar-refractivity contribution in [1.29, 1.82) is 0 Å². The van der Waals surface area contributed by atoms with Gasteiger partial charge in [0.1, 0.15) is 12.2 Å². The van der Waals surface area contributed by atoms with Gasteiger partial charge in [0, 0.05) is 0 Å². The summed E-state index contributed by atoms with van der Waals surface area (Å²) in [5.41, 5.74) is 0. The molecule has 4 heteroatoms. The third-order valence-corrected chi connectivity index (χ3v) is 1.91. The van der Waals surface area contributed by atoms with Crippen LogP contribution in [0.4, 0.5) is 0 Å². The summed E-state index contributed by atoms with van der Waals surface area (Å²) >= 11 is 0. The van der Waals surface area contributed by atoms with E-state index in [1.165, 1.54) is 6.92 Å². The van der Waals surface area contributed by atoms with E-state index < -0.39 is 24.1 Å². The van der Waals surface area contributed by atoms with Crippen LogP contribution in [0.1, 0.15) is 20.8 Å². The van der Waals surface area contributed by atoms with Gasteiger partial charge in [-0.05, 0) is 20.8 Å². The van der Waals surface area contributed by atoms with Crippen LogP contribution in [0.3, 0.4) is 0 Å². The zero-order valence-corrected chi connectivity index (χ0v) is 7.65. The van der Waals surface area contributed by atoms with Crippen molar-refractivity contribution < 1.29 is 19.7 Å². The Morgan fingerprint density at radius 3 is 2.33 bits per heavy atom. The highest BCUT2D eigenvalue weighted by Gasteiger charge is 2.38. The summed E-state index contributed by atoms with van der Waals surface area (Å²) in [6, 6.07) is 0. The highest BCUT2D eigenvalue weighted by molar-refractivity contribution is 4.80. The molecular formula is C8H16O4. The first-order chi connectivity index (χ1) is 5.42. The van der Waals surface area contributed by atoms with E-state index in [1.54, 1.807) is 13.8 Å². The first kappa shape index (κ1) is 9.92. The first-order valence-electron chi connectivity index (χ1n) is 4.10. The number of rotatable bonds is 2. The summed E-state index contributed by atoms with van der Waals surface area (Å²) in [6.07, 6.45) is -2.07. The second-order valence-electron chi connectivity index (χ2n) is 3.60. The molecule has 12 heavy (non-hydrogen) atoms. The Hall–Kier alpha value is -0.160. The van der Waals surface area contributed by atoms with Crippen LogP contribution < -0.4 is 0 Å². The topological polar surface area (TPSA) is 58.9 Å². The zero-order valence-electron chi connectivity index (χ0n) is 7.65. The van der Waals surface area contributed by atoms with Gasteiger partial charge in [0.25, 0.3) is 0 Å². The zero-order chi connectivity index (χ0) is 9.35. The van der Waals surface area contributed by atoms with E-state index in [2.05, 4.69) is 0 Å². The lowest BCUT2D eigenvalue weighted by atomic mass is 10.1. The van der Waals surface area contributed by atoms with Gasteiger partial charge < -0.3 is 19.7 Å². The van der Waals surface area contributed by atoms with Crippen molar-refractivity contribution in [1.82, 2.24) is 0 Å². The van der Waals surface area contributed by atoms with Crippen LogP contribution in [0.25, 0.3) is 0 Å². The normalized spacial score (nSPS) is 33.2. The molecule has 0 bridgehead atoms. The van der Waals surface area contributed by atoms with Crippen LogP contribution in [0, 0.1) is 0 Å². The van der Waals surface area contributed by atoms with E-state index in [0.29, 0.717) is 6.61 Å². The van der Waals surface area contributed by atoms with Crippen molar-refractivity contribution >= 4 is 0 Å². The second kappa shape index (κ2) is 3.30. The predicted octanol–water partition coefficient (Wildman–Crippen LogP) is -0.120. The molecule has 0 saturated carbocycles. The lowest BCUT2D eigenvalue weighted by Crippen LogP contribution is -2.38. The maximum absolute atomic E-state index is 9.40. The highest BCUT2D eigenvalue weighted by Crippen LogP contribution is 2.24. The summed E-state index contributed by atoms with van der Waals surface area (Å²) < 4.78 is 10.6. The molecule has 3 atom stereocenters. The van der Waals surface area contributed by atoms with Crippen LogP contribution in [-0.2, 0) is 9.47 Å². The third kappa shape index (κ3) is 2.17. The van der Waals surface area contributed by atoms with E-state index in [4.69, 9.17) is 14.6 Å². The number of hydrogen-bond donors (Lipinski definition) is 2. The molecule has 1 aliphatic heterocycles. The molecule has 0 radical (unpaired) electrons. The van der Waals surface area contributed by atoms with Crippen molar-refractivity contribution in [3.8, 4) is 0 Å². The van der Waals surface area contributed by atoms with Crippen LogP contribution >= 0.6 is 0 Å². The summed E-state index contributed by atoms with van der Waals surface area (Å²) in [5.74, 6) is -0.638. The van der Waals surface area contributed by atoms with E-state index in [9.17, 15) is 5.11 Å². The Morgan fingerprint density at radius 1 is 1.42 bits per heavy atom. The van der Waals surface area contributed by atoms with Gasteiger partial charge >= 0.3 is 0 Å². The Balaban J connectivity index is 2.47. The standard InChI is InChI=1S/C8H16O4/c1-5(9)7(10)6-4-11-8(2,3)12-6/h5-7,9-10H,4H2,1-3H3/t5-,6-,7-/m0/s1. The number of hydrogen-bond acceptors (Lipinski definition) is 4. The molecule has 0 amide bonds. The fourth-order valence-corrected chi connectivity index (χ4v) is 1.19. The molecular weight excluding hydrogens is 160 g/mol. The molecule has 0 unspecified atom stereocenters. The van der Waals surface area contributed by atoms with Gasteiger partial charge in [-0.1, -0.05) is 0 Å². The molecule has 1 fully saturated rings. The lowest BCUT2D eigenvalue weighted by Gasteiger charge is -2.21. The summed E-state index contributed by atoms with van der Waals surface area (Å²) in [4.78, 5) is 0. The summed E-state index contributed by atoms with van der Waals surface area (Å²) in [7, 11) is 0. The van der Waals surface area contributed by atoms with Gasteiger partial charge in [-0.2, -0.15) is 0 Å². The van der Waals surface area contributed by atoms with Crippen molar-refractivity contribution in [2.75, 3.05) is 6.61 Å². The summed E-state index contributed by atoms with van der Waals surface area (Å²) in [5, 5.41) is 18.5. The fraction of sp³-hybridized carbons (Fsp3) is 1.00. The maximum atomic E-state index is 9.40. The van der Waals surface area contributed by atoms with Crippen LogP contribution in [0.5, 0.6) is 0 Å².